The molecule has 0 atom stereocenters. The van der Waals surface area contributed by atoms with Gasteiger partial charge in [0.1, 0.15) is 11.4 Å². The molecule has 0 saturated heterocycles. The van der Waals surface area contributed by atoms with E-state index in [0.717, 1.165) is 12.3 Å². The second-order valence-electron chi connectivity index (χ2n) is 2.97. The highest BCUT2D eigenvalue weighted by atomic mass is 35.5. The SMILES string of the molecule is O=C(O)c1cnoc1-c1c(F)cccc1Cl. The van der Waals surface area contributed by atoms with Crippen molar-refractivity contribution in [2.45, 2.75) is 0 Å². The normalized spacial score (nSPS) is 10.4. The van der Waals surface area contributed by atoms with Crippen molar-refractivity contribution in [3.05, 3.63) is 40.8 Å². The zero-order valence-corrected chi connectivity index (χ0v) is 8.53. The summed E-state index contributed by atoms with van der Waals surface area (Å²) in [6.45, 7) is 0. The van der Waals surface area contributed by atoms with Crippen LogP contribution in [0.1, 0.15) is 10.4 Å². The summed E-state index contributed by atoms with van der Waals surface area (Å²) in [4.78, 5) is 10.8. The Labute approximate surface area is 94.2 Å². The summed E-state index contributed by atoms with van der Waals surface area (Å²) >= 11 is 5.78. The van der Waals surface area contributed by atoms with Crippen molar-refractivity contribution in [1.82, 2.24) is 5.16 Å². The Kier molecular flexibility index (Phi) is 2.62. The minimum absolute atomic E-state index is 0.0688. The largest absolute Gasteiger partial charge is 0.477 e. The van der Waals surface area contributed by atoms with Gasteiger partial charge < -0.3 is 9.63 Å². The molecule has 0 unspecified atom stereocenters. The topological polar surface area (TPSA) is 63.3 Å². The first-order valence-electron chi connectivity index (χ1n) is 4.23. The van der Waals surface area contributed by atoms with Crippen molar-refractivity contribution in [3.63, 3.8) is 0 Å². The van der Waals surface area contributed by atoms with Gasteiger partial charge in [-0.1, -0.05) is 22.8 Å². The summed E-state index contributed by atoms with van der Waals surface area (Å²) < 4.78 is 18.2. The minimum atomic E-state index is -1.25. The highest BCUT2D eigenvalue weighted by Crippen LogP contribution is 2.32. The number of benzene rings is 1. The fraction of sp³-hybridized carbons (Fsp3) is 0. The molecule has 2 aromatic rings. The Morgan fingerprint density at radius 1 is 1.50 bits per heavy atom. The number of aromatic nitrogens is 1. The van der Waals surface area contributed by atoms with Crippen molar-refractivity contribution in [1.29, 1.82) is 0 Å². The third kappa shape index (κ3) is 1.65. The van der Waals surface area contributed by atoms with Crippen LogP contribution in [-0.4, -0.2) is 16.2 Å². The first-order chi connectivity index (χ1) is 7.61. The lowest BCUT2D eigenvalue weighted by atomic mass is 10.1. The Balaban J connectivity index is 2.68. The van der Waals surface area contributed by atoms with Gasteiger partial charge in [0.05, 0.1) is 16.8 Å². The van der Waals surface area contributed by atoms with Gasteiger partial charge in [-0.3, -0.25) is 0 Å². The maximum atomic E-state index is 13.5. The maximum Gasteiger partial charge on any atom is 0.341 e. The maximum absolute atomic E-state index is 13.5. The molecule has 0 saturated carbocycles. The molecule has 1 aromatic heterocycles. The molecule has 0 radical (unpaired) electrons. The van der Waals surface area contributed by atoms with E-state index in [1.807, 2.05) is 0 Å². The van der Waals surface area contributed by atoms with Crippen LogP contribution in [0.25, 0.3) is 11.3 Å². The predicted octanol–water partition coefficient (Wildman–Crippen LogP) is 2.83. The summed E-state index contributed by atoms with van der Waals surface area (Å²) in [6, 6.07) is 4.02. The van der Waals surface area contributed by atoms with Crippen LogP contribution in [0.5, 0.6) is 0 Å². The number of carboxylic acid groups (broad SMARTS) is 1. The van der Waals surface area contributed by atoms with Gasteiger partial charge in [-0.2, -0.15) is 0 Å². The molecule has 16 heavy (non-hydrogen) atoms. The van der Waals surface area contributed by atoms with Gasteiger partial charge in [0.15, 0.2) is 5.76 Å². The summed E-state index contributed by atoms with van der Waals surface area (Å²) in [7, 11) is 0. The number of nitrogens with zero attached hydrogens (tertiary/aromatic N) is 1. The lowest BCUT2D eigenvalue weighted by molar-refractivity contribution is 0.0697. The van der Waals surface area contributed by atoms with Crippen LogP contribution in [0.4, 0.5) is 4.39 Å². The van der Waals surface area contributed by atoms with E-state index < -0.39 is 11.8 Å². The Bertz CT molecular complexity index is 532. The van der Waals surface area contributed by atoms with Gasteiger partial charge in [0.25, 0.3) is 0 Å². The number of hydrogen-bond donors (Lipinski definition) is 1. The van der Waals surface area contributed by atoms with Gasteiger partial charge in [-0.05, 0) is 12.1 Å². The van der Waals surface area contributed by atoms with Gasteiger partial charge in [-0.25, -0.2) is 9.18 Å². The van der Waals surface area contributed by atoms with Crippen molar-refractivity contribution in [2.24, 2.45) is 0 Å². The summed E-state index contributed by atoms with van der Waals surface area (Å²) in [5.41, 5.74) is -0.328. The molecule has 0 aliphatic rings. The molecular weight excluding hydrogens is 237 g/mol. The molecule has 4 nitrogen and oxygen atoms in total. The van der Waals surface area contributed by atoms with E-state index in [4.69, 9.17) is 21.2 Å². The molecule has 0 spiro atoms. The Morgan fingerprint density at radius 2 is 2.25 bits per heavy atom. The monoisotopic (exact) mass is 241 g/mol. The average molecular weight is 242 g/mol. The number of rotatable bonds is 2. The van der Waals surface area contributed by atoms with Crippen molar-refractivity contribution >= 4 is 17.6 Å². The van der Waals surface area contributed by atoms with Gasteiger partial charge in [0.2, 0.25) is 0 Å². The lowest BCUT2D eigenvalue weighted by Crippen LogP contribution is -1.97. The second kappa shape index (κ2) is 3.94. The number of aromatic carboxylic acids is 1. The van der Waals surface area contributed by atoms with Gasteiger partial charge >= 0.3 is 5.97 Å². The third-order valence-electron chi connectivity index (χ3n) is 1.99. The molecule has 6 heteroatoms. The summed E-state index contributed by atoms with van der Waals surface area (Å²) in [5.74, 6) is -2.10. The highest BCUT2D eigenvalue weighted by Gasteiger charge is 2.21. The average Bonchev–Trinajstić information content (AvgIpc) is 2.66. The molecule has 0 amide bonds. The van der Waals surface area contributed by atoms with Crippen LogP contribution >= 0.6 is 11.6 Å². The van der Waals surface area contributed by atoms with E-state index in [0.29, 0.717) is 0 Å². The van der Waals surface area contributed by atoms with Crippen LogP contribution in [0.3, 0.4) is 0 Å². The van der Waals surface area contributed by atoms with Crippen molar-refractivity contribution in [2.75, 3.05) is 0 Å². The first-order valence-corrected chi connectivity index (χ1v) is 4.61. The zero-order valence-electron chi connectivity index (χ0n) is 7.78. The van der Waals surface area contributed by atoms with Gasteiger partial charge in [0, 0.05) is 0 Å². The molecule has 1 heterocycles. The molecule has 0 fully saturated rings. The molecular formula is C10H5ClFNO3. The zero-order chi connectivity index (χ0) is 11.7. The summed E-state index contributed by atoms with van der Waals surface area (Å²) in [6.07, 6.45) is 1.00. The molecule has 0 aliphatic heterocycles. The van der Waals surface area contributed by atoms with Crippen molar-refractivity contribution in [3.8, 4) is 11.3 Å². The van der Waals surface area contributed by atoms with Crippen LogP contribution < -0.4 is 0 Å². The molecule has 0 bridgehead atoms. The van der Waals surface area contributed by atoms with E-state index in [2.05, 4.69) is 5.16 Å². The minimum Gasteiger partial charge on any atom is -0.477 e. The number of carboxylic acids is 1. The Hall–Kier alpha value is -1.88. The predicted molar refractivity (Wildman–Crippen MR) is 53.9 cm³/mol. The Morgan fingerprint density at radius 3 is 2.88 bits per heavy atom. The number of carbonyl (C=O) groups is 1. The van der Waals surface area contributed by atoms with E-state index in [9.17, 15) is 9.18 Å². The molecule has 1 N–H and O–H groups in total. The fourth-order valence-corrected chi connectivity index (χ4v) is 1.54. The molecule has 82 valence electrons. The van der Waals surface area contributed by atoms with Gasteiger partial charge in [-0.15, -0.1) is 0 Å². The quantitative estimate of drug-likeness (QED) is 0.878. The van der Waals surface area contributed by atoms with Crippen LogP contribution in [-0.2, 0) is 0 Å². The number of hydrogen-bond acceptors (Lipinski definition) is 3. The van der Waals surface area contributed by atoms with Crippen LogP contribution in [0.15, 0.2) is 28.9 Å². The standard InChI is InChI=1S/C10H5ClFNO3/c11-6-2-1-3-7(12)8(6)9-5(10(14)15)4-13-16-9/h1-4H,(H,14,15). The van der Waals surface area contributed by atoms with E-state index in [1.165, 1.54) is 12.1 Å². The fourth-order valence-electron chi connectivity index (χ4n) is 1.29. The van der Waals surface area contributed by atoms with E-state index in [1.54, 1.807) is 0 Å². The second-order valence-corrected chi connectivity index (χ2v) is 3.38. The molecule has 1 aromatic carbocycles. The molecule has 2 rings (SSSR count). The smallest absolute Gasteiger partial charge is 0.341 e. The van der Waals surface area contributed by atoms with Crippen LogP contribution in [0, 0.1) is 5.82 Å². The van der Waals surface area contributed by atoms with E-state index >= 15 is 0 Å². The molecule has 0 aliphatic carbocycles. The third-order valence-corrected chi connectivity index (χ3v) is 2.31. The lowest BCUT2D eigenvalue weighted by Gasteiger charge is -2.02. The first kappa shape index (κ1) is 10.6. The van der Waals surface area contributed by atoms with E-state index in [-0.39, 0.29) is 21.9 Å². The highest BCUT2D eigenvalue weighted by molar-refractivity contribution is 6.33. The van der Waals surface area contributed by atoms with Crippen molar-refractivity contribution < 1.29 is 18.8 Å². The summed E-state index contributed by atoms with van der Waals surface area (Å²) in [5, 5.41) is 12.2. The van der Waals surface area contributed by atoms with Crippen LogP contribution in [0.2, 0.25) is 5.02 Å². The number of halogens is 2.